The second-order valence-corrected chi connectivity index (χ2v) is 7.73. The first-order chi connectivity index (χ1) is 12.6. The van der Waals surface area contributed by atoms with E-state index in [1.807, 2.05) is 0 Å². The Morgan fingerprint density at radius 2 is 1.81 bits per heavy atom. The summed E-state index contributed by atoms with van der Waals surface area (Å²) in [6.07, 6.45) is -5.53. The number of nitrogens with zero attached hydrogens (tertiary/aromatic N) is 1. The van der Waals surface area contributed by atoms with Crippen LogP contribution in [0.15, 0.2) is 53.4 Å². The van der Waals surface area contributed by atoms with Gasteiger partial charge in [0.25, 0.3) is 0 Å². The van der Waals surface area contributed by atoms with Crippen molar-refractivity contribution < 1.29 is 35.5 Å². The topological polar surface area (TPSA) is 55.8 Å². The van der Waals surface area contributed by atoms with Crippen molar-refractivity contribution >= 4 is 10.0 Å². The molecule has 2 aromatic carbocycles. The predicted octanol–water partition coefficient (Wildman–Crippen LogP) is 3.49. The third-order valence-corrected chi connectivity index (χ3v) is 5.81. The third-order valence-electron chi connectivity index (χ3n) is 3.95. The van der Waals surface area contributed by atoms with Gasteiger partial charge < -0.3 is 9.47 Å². The maximum absolute atomic E-state index is 13.1. The van der Waals surface area contributed by atoms with Gasteiger partial charge >= 0.3 is 6.36 Å². The smallest absolute Gasteiger partial charge is 0.406 e. The van der Waals surface area contributed by atoms with Crippen LogP contribution >= 0.6 is 0 Å². The van der Waals surface area contributed by atoms with Crippen LogP contribution in [-0.4, -0.2) is 38.8 Å². The molecule has 0 saturated carbocycles. The monoisotopic (exact) mass is 405 g/mol. The Morgan fingerprint density at radius 1 is 1.11 bits per heavy atom. The van der Waals surface area contributed by atoms with Gasteiger partial charge in [0.2, 0.25) is 10.0 Å². The quantitative estimate of drug-likeness (QED) is 0.731. The standard InChI is InChI=1S/C17H15F4NO4S/c18-13-6-4-12(5-7-13)16-11-22(8-9-25-16)27(23,24)15-3-1-2-14(10-15)26-17(19,20)21/h1-7,10,16H,8-9,11H2. The van der Waals surface area contributed by atoms with Crippen molar-refractivity contribution in [2.45, 2.75) is 17.4 Å². The molecule has 146 valence electrons. The van der Waals surface area contributed by atoms with Gasteiger partial charge in [-0.3, -0.25) is 0 Å². The number of sulfonamides is 1. The van der Waals surface area contributed by atoms with Crippen molar-refractivity contribution in [1.82, 2.24) is 4.31 Å². The maximum atomic E-state index is 13.1. The number of morpholine rings is 1. The minimum Gasteiger partial charge on any atom is -0.406 e. The van der Waals surface area contributed by atoms with E-state index in [4.69, 9.17) is 4.74 Å². The van der Waals surface area contributed by atoms with E-state index in [1.165, 1.54) is 36.4 Å². The van der Waals surface area contributed by atoms with E-state index in [0.717, 1.165) is 16.4 Å². The highest BCUT2D eigenvalue weighted by molar-refractivity contribution is 7.89. The molecule has 0 amide bonds. The molecule has 1 atom stereocenters. The van der Waals surface area contributed by atoms with Gasteiger partial charge in [0.15, 0.2) is 0 Å². The molecule has 1 aliphatic rings. The molecule has 0 bridgehead atoms. The molecule has 5 nitrogen and oxygen atoms in total. The van der Waals surface area contributed by atoms with Crippen molar-refractivity contribution in [3.05, 3.63) is 59.9 Å². The second-order valence-electron chi connectivity index (χ2n) is 5.80. The summed E-state index contributed by atoms with van der Waals surface area (Å²) in [5, 5.41) is 0. The number of alkyl halides is 3. The molecule has 0 N–H and O–H groups in total. The Kier molecular flexibility index (Phi) is 5.41. The molecule has 0 radical (unpaired) electrons. The lowest BCUT2D eigenvalue weighted by Crippen LogP contribution is -2.42. The lowest BCUT2D eigenvalue weighted by molar-refractivity contribution is -0.274. The molecular formula is C17H15F4NO4S. The Labute approximate surface area is 153 Å². The summed E-state index contributed by atoms with van der Waals surface area (Å²) in [6, 6.07) is 9.68. The van der Waals surface area contributed by atoms with Gasteiger partial charge in [0.1, 0.15) is 11.6 Å². The predicted molar refractivity (Wildman–Crippen MR) is 87.0 cm³/mol. The number of hydrogen-bond donors (Lipinski definition) is 0. The molecule has 3 rings (SSSR count). The van der Waals surface area contributed by atoms with Gasteiger partial charge in [-0.1, -0.05) is 18.2 Å². The molecular weight excluding hydrogens is 390 g/mol. The molecule has 1 aliphatic heterocycles. The largest absolute Gasteiger partial charge is 0.573 e. The maximum Gasteiger partial charge on any atom is 0.573 e. The molecule has 1 fully saturated rings. The molecule has 0 aromatic heterocycles. The van der Waals surface area contributed by atoms with E-state index in [-0.39, 0.29) is 24.6 Å². The van der Waals surface area contributed by atoms with Crippen LogP contribution in [0.3, 0.4) is 0 Å². The van der Waals surface area contributed by atoms with Gasteiger partial charge in [-0.25, -0.2) is 12.8 Å². The van der Waals surface area contributed by atoms with Crippen LogP contribution in [0.4, 0.5) is 17.6 Å². The molecule has 1 heterocycles. The van der Waals surface area contributed by atoms with Gasteiger partial charge in [0.05, 0.1) is 17.6 Å². The average Bonchev–Trinajstić information content (AvgIpc) is 2.61. The molecule has 1 saturated heterocycles. The highest BCUT2D eigenvalue weighted by atomic mass is 32.2. The minimum atomic E-state index is -4.92. The molecule has 27 heavy (non-hydrogen) atoms. The number of ether oxygens (including phenoxy) is 2. The number of halogens is 4. The van der Waals surface area contributed by atoms with Crippen LogP contribution in [-0.2, 0) is 14.8 Å². The highest BCUT2D eigenvalue weighted by Gasteiger charge is 2.34. The van der Waals surface area contributed by atoms with Crippen molar-refractivity contribution in [2.24, 2.45) is 0 Å². The van der Waals surface area contributed by atoms with E-state index in [2.05, 4.69) is 4.74 Å². The van der Waals surface area contributed by atoms with Crippen LogP contribution in [0.5, 0.6) is 5.75 Å². The molecule has 10 heteroatoms. The molecule has 1 unspecified atom stereocenters. The summed E-state index contributed by atoms with van der Waals surface area (Å²) in [4.78, 5) is -0.316. The Morgan fingerprint density at radius 3 is 2.48 bits per heavy atom. The zero-order valence-electron chi connectivity index (χ0n) is 13.8. The zero-order chi connectivity index (χ0) is 19.7. The van der Waals surface area contributed by atoms with Crippen molar-refractivity contribution in [1.29, 1.82) is 0 Å². The Hall–Kier alpha value is -2.17. The first-order valence-electron chi connectivity index (χ1n) is 7.88. The first-order valence-corrected chi connectivity index (χ1v) is 9.32. The number of benzene rings is 2. The van der Waals surface area contributed by atoms with Gasteiger partial charge in [-0.2, -0.15) is 4.31 Å². The summed E-state index contributed by atoms with van der Waals surface area (Å²) in [6.45, 7) is 0.0999. The number of hydrogen-bond acceptors (Lipinski definition) is 4. The van der Waals surface area contributed by atoms with Crippen LogP contribution in [0.25, 0.3) is 0 Å². The first kappa shape index (κ1) is 19.6. The lowest BCUT2D eigenvalue weighted by atomic mass is 10.1. The van der Waals surface area contributed by atoms with Crippen LogP contribution in [0.1, 0.15) is 11.7 Å². The minimum absolute atomic E-state index is 0.0433. The summed E-state index contributed by atoms with van der Waals surface area (Å²) >= 11 is 0. The van der Waals surface area contributed by atoms with Crippen molar-refractivity contribution in [3.63, 3.8) is 0 Å². The molecule has 0 aliphatic carbocycles. The summed E-state index contributed by atoms with van der Waals surface area (Å²) < 4.78 is 86.2. The zero-order valence-corrected chi connectivity index (χ0v) is 14.6. The van der Waals surface area contributed by atoms with E-state index >= 15 is 0 Å². The van der Waals surface area contributed by atoms with E-state index in [9.17, 15) is 26.0 Å². The van der Waals surface area contributed by atoms with Gasteiger partial charge in [-0.05, 0) is 29.8 Å². The lowest BCUT2D eigenvalue weighted by Gasteiger charge is -2.32. The Balaban J connectivity index is 1.82. The van der Waals surface area contributed by atoms with E-state index in [0.29, 0.717) is 5.56 Å². The van der Waals surface area contributed by atoms with Crippen molar-refractivity contribution in [3.8, 4) is 5.75 Å². The van der Waals surface area contributed by atoms with E-state index < -0.39 is 34.1 Å². The fourth-order valence-electron chi connectivity index (χ4n) is 2.70. The third kappa shape index (κ3) is 4.76. The summed E-state index contributed by atoms with van der Waals surface area (Å²) in [5.41, 5.74) is 0.602. The normalized spacial score (nSPS) is 19.0. The van der Waals surface area contributed by atoms with E-state index in [1.54, 1.807) is 0 Å². The average molecular weight is 405 g/mol. The Bertz CT molecular complexity index is 900. The van der Waals surface area contributed by atoms with Gasteiger partial charge in [0, 0.05) is 19.2 Å². The van der Waals surface area contributed by atoms with Crippen LogP contribution in [0, 0.1) is 5.82 Å². The molecule has 2 aromatic rings. The summed E-state index contributed by atoms with van der Waals surface area (Å²) in [5.74, 6) is -1.05. The van der Waals surface area contributed by atoms with Gasteiger partial charge in [-0.15, -0.1) is 13.2 Å². The fraction of sp³-hybridized carbons (Fsp3) is 0.294. The second kappa shape index (κ2) is 7.45. The van der Waals surface area contributed by atoms with Crippen LogP contribution < -0.4 is 4.74 Å². The highest BCUT2D eigenvalue weighted by Crippen LogP contribution is 2.29. The summed E-state index contributed by atoms with van der Waals surface area (Å²) in [7, 11) is -4.06. The van der Waals surface area contributed by atoms with Crippen LogP contribution in [0.2, 0.25) is 0 Å². The fourth-order valence-corrected chi connectivity index (χ4v) is 4.16. The van der Waals surface area contributed by atoms with Crippen molar-refractivity contribution in [2.75, 3.05) is 19.7 Å². The number of rotatable bonds is 4. The molecule has 0 spiro atoms. The SMILES string of the molecule is O=S(=O)(c1cccc(OC(F)(F)F)c1)N1CCOC(c2ccc(F)cc2)C1.